The van der Waals surface area contributed by atoms with Crippen LogP contribution in [-0.4, -0.2) is 24.3 Å². The van der Waals surface area contributed by atoms with E-state index in [2.05, 4.69) is 0 Å². The lowest BCUT2D eigenvalue weighted by Gasteiger charge is -2.05. The van der Waals surface area contributed by atoms with Crippen molar-refractivity contribution < 1.29 is 32.7 Å². The first-order valence-corrected chi connectivity index (χ1v) is 7.23. The molecule has 0 atom stereocenters. The topological polar surface area (TPSA) is 96.0 Å². The Kier molecular flexibility index (Phi) is 4.75. The zero-order valence-electron chi connectivity index (χ0n) is 12.8. The standard InChI is InChI=1S/C18H12O7/c19-14(11-24-17(20)15-3-1-9-22-15)12-5-7-13(8-6-12)25-18(21)16-4-2-10-23-16/h1-10H,11H2. The SMILES string of the molecule is O=C(COC(=O)c1ccco1)c1ccc(OC(=O)c2ccco2)cc1. The van der Waals surface area contributed by atoms with Gasteiger partial charge in [0.2, 0.25) is 11.5 Å². The molecule has 0 radical (unpaired) electrons. The molecule has 0 bridgehead atoms. The Bertz CT molecular complexity index is 859. The van der Waals surface area contributed by atoms with E-state index in [0.29, 0.717) is 5.56 Å². The minimum atomic E-state index is -0.720. The first kappa shape index (κ1) is 16.3. The van der Waals surface area contributed by atoms with Crippen LogP contribution in [0.15, 0.2) is 69.9 Å². The van der Waals surface area contributed by atoms with Gasteiger partial charge < -0.3 is 18.3 Å². The summed E-state index contributed by atoms with van der Waals surface area (Å²) in [4.78, 5) is 35.3. The van der Waals surface area contributed by atoms with Crippen molar-refractivity contribution in [3.63, 3.8) is 0 Å². The minimum Gasteiger partial charge on any atom is -0.457 e. The van der Waals surface area contributed by atoms with Crippen molar-refractivity contribution in [2.24, 2.45) is 0 Å². The van der Waals surface area contributed by atoms with Crippen LogP contribution < -0.4 is 4.74 Å². The van der Waals surface area contributed by atoms with E-state index in [9.17, 15) is 14.4 Å². The molecule has 0 unspecified atom stereocenters. The number of furan rings is 2. The summed E-state index contributed by atoms with van der Waals surface area (Å²) >= 11 is 0. The second-order valence-electron chi connectivity index (χ2n) is 4.87. The fraction of sp³-hybridized carbons (Fsp3) is 0.0556. The number of hydrogen-bond acceptors (Lipinski definition) is 7. The van der Waals surface area contributed by atoms with Crippen molar-refractivity contribution in [3.05, 3.63) is 78.1 Å². The summed E-state index contributed by atoms with van der Waals surface area (Å²) < 4.78 is 19.8. The number of carbonyl (C=O) groups excluding carboxylic acids is 3. The molecule has 0 aliphatic rings. The fourth-order valence-corrected chi connectivity index (χ4v) is 1.94. The van der Waals surface area contributed by atoms with Gasteiger partial charge in [0, 0.05) is 5.56 Å². The number of rotatable bonds is 6. The van der Waals surface area contributed by atoms with Crippen LogP contribution >= 0.6 is 0 Å². The predicted molar refractivity (Wildman–Crippen MR) is 83.4 cm³/mol. The van der Waals surface area contributed by atoms with E-state index < -0.39 is 24.3 Å². The number of benzene rings is 1. The normalized spacial score (nSPS) is 10.2. The molecule has 0 saturated carbocycles. The molecule has 3 aromatic rings. The quantitative estimate of drug-likeness (QED) is 0.386. The Morgan fingerprint density at radius 1 is 0.800 bits per heavy atom. The summed E-state index contributed by atoms with van der Waals surface area (Å²) in [6.45, 7) is -0.426. The lowest BCUT2D eigenvalue weighted by Crippen LogP contribution is -2.14. The van der Waals surface area contributed by atoms with Crippen molar-refractivity contribution >= 4 is 17.7 Å². The van der Waals surface area contributed by atoms with Crippen LogP contribution in [-0.2, 0) is 4.74 Å². The Balaban J connectivity index is 1.55. The third kappa shape index (κ3) is 4.03. The van der Waals surface area contributed by atoms with Crippen molar-refractivity contribution in [3.8, 4) is 5.75 Å². The first-order valence-electron chi connectivity index (χ1n) is 7.23. The van der Waals surface area contributed by atoms with Gasteiger partial charge in [0.1, 0.15) is 5.75 Å². The number of ketones is 1. The molecular formula is C18H12O7. The summed E-state index contributed by atoms with van der Waals surface area (Å²) in [5, 5.41) is 0. The van der Waals surface area contributed by atoms with Crippen molar-refractivity contribution in [1.82, 2.24) is 0 Å². The van der Waals surface area contributed by atoms with E-state index in [4.69, 9.17) is 18.3 Å². The molecule has 2 heterocycles. The van der Waals surface area contributed by atoms with Gasteiger partial charge in [0.05, 0.1) is 12.5 Å². The van der Waals surface area contributed by atoms with Gasteiger partial charge >= 0.3 is 11.9 Å². The van der Waals surface area contributed by atoms with Crippen LogP contribution in [0.1, 0.15) is 31.5 Å². The second-order valence-corrected chi connectivity index (χ2v) is 4.87. The predicted octanol–water partition coefficient (Wildman–Crippen LogP) is 3.13. The molecule has 0 saturated heterocycles. The Morgan fingerprint density at radius 3 is 1.96 bits per heavy atom. The Labute approximate surface area is 141 Å². The van der Waals surface area contributed by atoms with E-state index in [1.54, 1.807) is 12.1 Å². The zero-order chi connectivity index (χ0) is 17.6. The molecule has 3 rings (SSSR count). The number of carbonyl (C=O) groups is 3. The van der Waals surface area contributed by atoms with E-state index in [-0.39, 0.29) is 17.3 Å². The third-order valence-corrected chi connectivity index (χ3v) is 3.17. The second kappa shape index (κ2) is 7.31. The van der Waals surface area contributed by atoms with Crippen LogP contribution in [0.5, 0.6) is 5.75 Å². The molecule has 2 aromatic heterocycles. The number of ether oxygens (including phenoxy) is 2. The molecule has 126 valence electrons. The van der Waals surface area contributed by atoms with E-state index in [1.165, 1.54) is 48.9 Å². The van der Waals surface area contributed by atoms with E-state index in [1.807, 2.05) is 0 Å². The highest BCUT2D eigenvalue weighted by Gasteiger charge is 2.15. The largest absolute Gasteiger partial charge is 0.457 e. The molecular weight excluding hydrogens is 328 g/mol. The monoisotopic (exact) mass is 340 g/mol. The molecule has 7 nitrogen and oxygen atoms in total. The van der Waals surface area contributed by atoms with Gasteiger partial charge in [-0.1, -0.05) is 0 Å². The lowest BCUT2D eigenvalue weighted by atomic mass is 10.1. The first-order chi connectivity index (χ1) is 12.1. The Morgan fingerprint density at radius 2 is 1.40 bits per heavy atom. The molecule has 0 aliphatic carbocycles. The maximum Gasteiger partial charge on any atom is 0.379 e. The van der Waals surface area contributed by atoms with Gasteiger partial charge in [-0.2, -0.15) is 0 Å². The summed E-state index contributed by atoms with van der Waals surface area (Å²) in [5.41, 5.74) is 0.310. The Hall–Kier alpha value is -3.61. The van der Waals surface area contributed by atoms with Crippen LogP contribution in [0.25, 0.3) is 0 Å². The average molecular weight is 340 g/mol. The van der Waals surface area contributed by atoms with Crippen molar-refractivity contribution in [1.29, 1.82) is 0 Å². The zero-order valence-corrected chi connectivity index (χ0v) is 12.8. The average Bonchev–Trinajstić information content (AvgIpc) is 3.33. The summed E-state index contributed by atoms with van der Waals surface area (Å²) in [7, 11) is 0. The molecule has 0 N–H and O–H groups in total. The smallest absolute Gasteiger partial charge is 0.379 e. The van der Waals surface area contributed by atoms with Gasteiger partial charge in [0.15, 0.2) is 12.4 Å². The van der Waals surface area contributed by atoms with Crippen LogP contribution in [0.3, 0.4) is 0 Å². The van der Waals surface area contributed by atoms with Gasteiger partial charge in [-0.05, 0) is 48.5 Å². The molecule has 0 fully saturated rings. The fourth-order valence-electron chi connectivity index (χ4n) is 1.94. The highest BCUT2D eigenvalue weighted by atomic mass is 16.6. The number of esters is 2. The van der Waals surface area contributed by atoms with Crippen molar-refractivity contribution in [2.75, 3.05) is 6.61 Å². The maximum atomic E-state index is 12.0. The van der Waals surface area contributed by atoms with Crippen LogP contribution in [0, 0.1) is 0 Å². The number of hydrogen-bond donors (Lipinski definition) is 0. The molecule has 0 aliphatic heterocycles. The van der Waals surface area contributed by atoms with Gasteiger partial charge in [-0.3, -0.25) is 4.79 Å². The maximum absolute atomic E-state index is 12.0. The van der Waals surface area contributed by atoms with Crippen LogP contribution in [0.4, 0.5) is 0 Å². The minimum absolute atomic E-state index is 0.0213. The van der Waals surface area contributed by atoms with Gasteiger partial charge in [0.25, 0.3) is 0 Å². The third-order valence-electron chi connectivity index (χ3n) is 3.17. The highest BCUT2D eigenvalue weighted by Crippen LogP contribution is 2.15. The summed E-state index contributed by atoms with van der Waals surface area (Å²) in [5.74, 6) is -1.41. The lowest BCUT2D eigenvalue weighted by molar-refractivity contribution is 0.0444. The van der Waals surface area contributed by atoms with Crippen LogP contribution in [0.2, 0.25) is 0 Å². The highest BCUT2D eigenvalue weighted by molar-refractivity contribution is 5.99. The summed E-state index contributed by atoms with van der Waals surface area (Å²) in [6.07, 6.45) is 2.70. The van der Waals surface area contributed by atoms with Crippen molar-refractivity contribution in [2.45, 2.75) is 0 Å². The van der Waals surface area contributed by atoms with E-state index >= 15 is 0 Å². The summed E-state index contributed by atoms with van der Waals surface area (Å²) in [6, 6.07) is 11.9. The molecule has 7 heteroatoms. The molecule has 0 amide bonds. The molecule has 0 spiro atoms. The number of Topliss-reactive ketones (excluding diaryl/α,β-unsaturated/α-hetero) is 1. The molecule has 25 heavy (non-hydrogen) atoms. The molecule has 1 aromatic carbocycles. The van der Waals surface area contributed by atoms with E-state index in [0.717, 1.165) is 0 Å². The van der Waals surface area contributed by atoms with Gasteiger partial charge in [-0.15, -0.1) is 0 Å². The van der Waals surface area contributed by atoms with Gasteiger partial charge in [-0.25, -0.2) is 9.59 Å².